The van der Waals surface area contributed by atoms with E-state index in [2.05, 4.69) is 38.7 Å². The zero-order valence-electron chi connectivity index (χ0n) is 19.5. The molecule has 6 nitrogen and oxygen atoms in total. The first-order valence-corrected chi connectivity index (χ1v) is 12.2. The van der Waals surface area contributed by atoms with E-state index in [1.54, 1.807) is 12.3 Å². The van der Waals surface area contributed by atoms with Crippen LogP contribution < -0.4 is 4.90 Å². The molecule has 0 radical (unpaired) electrons. The minimum atomic E-state index is 0.244. The molecule has 1 fully saturated rings. The summed E-state index contributed by atoms with van der Waals surface area (Å²) in [5, 5.41) is 21.3. The minimum Gasteiger partial charge on any atom is -0.508 e. The monoisotopic (exact) mass is 446 g/mol. The zero-order valence-corrected chi connectivity index (χ0v) is 19.5. The normalized spacial score (nSPS) is 19.2. The van der Waals surface area contributed by atoms with Crippen molar-refractivity contribution in [1.29, 1.82) is 0 Å². The maximum Gasteiger partial charge on any atom is 0.141 e. The molecule has 1 saturated heterocycles. The number of phenols is 2. The Kier molecular flexibility index (Phi) is 6.38. The second-order valence-corrected chi connectivity index (χ2v) is 9.27. The number of aromatic hydroxyl groups is 2. The van der Waals surface area contributed by atoms with Crippen molar-refractivity contribution in [2.24, 2.45) is 0 Å². The molecule has 2 heterocycles. The van der Waals surface area contributed by atoms with Crippen LogP contribution >= 0.6 is 0 Å². The second-order valence-electron chi connectivity index (χ2n) is 9.27. The Morgan fingerprint density at radius 3 is 2.61 bits per heavy atom. The van der Waals surface area contributed by atoms with Crippen molar-refractivity contribution in [1.82, 2.24) is 14.8 Å². The van der Waals surface area contributed by atoms with Gasteiger partial charge in [0.25, 0.3) is 0 Å². The van der Waals surface area contributed by atoms with Gasteiger partial charge < -0.3 is 15.1 Å². The lowest BCUT2D eigenvalue weighted by atomic mass is 9.87. The average molecular weight is 447 g/mol. The molecule has 2 N–H and O–H groups in total. The summed E-state index contributed by atoms with van der Waals surface area (Å²) in [6, 6.07) is 14.2. The van der Waals surface area contributed by atoms with E-state index in [0.29, 0.717) is 17.3 Å². The van der Waals surface area contributed by atoms with E-state index in [4.69, 9.17) is 0 Å². The van der Waals surface area contributed by atoms with Gasteiger partial charge in [-0.05, 0) is 55.1 Å². The van der Waals surface area contributed by atoms with Crippen molar-refractivity contribution in [2.75, 3.05) is 50.7 Å². The summed E-state index contributed by atoms with van der Waals surface area (Å²) < 4.78 is 0. The average Bonchev–Trinajstić information content (AvgIpc) is 2.85. The van der Waals surface area contributed by atoms with Crippen LogP contribution in [0.3, 0.4) is 0 Å². The van der Waals surface area contributed by atoms with Crippen LogP contribution in [-0.4, -0.2) is 76.9 Å². The van der Waals surface area contributed by atoms with E-state index in [-0.39, 0.29) is 5.75 Å². The fraction of sp³-hybridized carbons (Fsp3) is 0.444. The van der Waals surface area contributed by atoms with Crippen molar-refractivity contribution in [2.45, 2.75) is 32.2 Å². The van der Waals surface area contributed by atoms with Crippen LogP contribution in [0.2, 0.25) is 0 Å². The number of anilines is 1. The van der Waals surface area contributed by atoms with Crippen molar-refractivity contribution in [3.05, 3.63) is 59.8 Å². The van der Waals surface area contributed by atoms with Crippen LogP contribution in [0.4, 0.5) is 5.69 Å². The summed E-state index contributed by atoms with van der Waals surface area (Å²) >= 11 is 0. The van der Waals surface area contributed by atoms with Gasteiger partial charge in [0.15, 0.2) is 0 Å². The van der Waals surface area contributed by atoms with Crippen LogP contribution in [0.1, 0.15) is 24.5 Å². The van der Waals surface area contributed by atoms with Gasteiger partial charge in [0.1, 0.15) is 17.0 Å². The Morgan fingerprint density at radius 2 is 1.79 bits per heavy atom. The Labute approximate surface area is 196 Å². The number of fused-ring (bicyclic) bond motifs is 2. The Hall–Kier alpha value is -2.83. The maximum absolute atomic E-state index is 10.2. The number of rotatable bonds is 6. The number of piperazine rings is 1. The van der Waals surface area contributed by atoms with Crippen molar-refractivity contribution in [3.63, 3.8) is 0 Å². The molecular formula is C27H34N4O2. The standard InChI is InChI=1S/C27H34N4O2/c1-2-30(21-9-10-22-20(19-21)5-3-7-25(22)32)16-13-29-14-17-31(18-15-29)24-11-12-28-27-23(24)6-4-8-26(27)33/h3-8,11-12,21,32-33H,2,9-10,13-19H2,1H3. The third kappa shape index (κ3) is 4.50. The molecule has 6 heteroatoms. The van der Waals surface area contributed by atoms with Gasteiger partial charge >= 0.3 is 0 Å². The molecule has 1 unspecified atom stereocenters. The molecule has 2 aromatic carbocycles. The number of phenolic OH excluding ortho intramolecular Hbond substituents is 2. The largest absolute Gasteiger partial charge is 0.508 e. The molecule has 3 aromatic rings. The van der Waals surface area contributed by atoms with Gasteiger partial charge in [-0.15, -0.1) is 0 Å². The molecule has 2 aliphatic rings. The summed E-state index contributed by atoms with van der Waals surface area (Å²) in [4.78, 5) is 12.0. The molecule has 0 bridgehead atoms. The van der Waals surface area contributed by atoms with Gasteiger partial charge in [0.2, 0.25) is 0 Å². The summed E-state index contributed by atoms with van der Waals surface area (Å²) in [5.41, 5.74) is 4.31. The zero-order chi connectivity index (χ0) is 22.8. The SMILES string of the molecule is CCN(CCN1CCN(c2ccnc3c(O)cccc23)CC1)C1CCc2c(O)cccc2C1. The molecule has 0 spiro atoms. The number of hydrogen-bond acceptors (Lipinski definition) is 6. The van der Waals surface area contributed by atoms with Crippen molar-refractivity contribution in [3.8, 4) is 11.5 Å². The van der Waals surface area contributed by atoms with Crippen molar-refractivity contribution < 1.29 is 10.2 Å². The highest BCUT2D eigenvalue weighted by Gasteiger charge is 2.26. The van der Waals surface area contributed by atoms with Gasteiger partial charge in [-0.25, -0.2) is 0 Å². The van der Waals surface area contributed by atoms with E-state index in [1.165, 1.54) is 5.56 Å². The van der Waals surface area contributed by atoms with E-state index < -0.39 is 0 Å². The molecule has 1 aromatic heterocycles. The highest BCUT2D eigenvalue weighted by Crippen LogP contribution is 2.32. The van der Waals surface area contributed by atoms with E-state index in [9.17, 15) is 10.2 Å². The summed E-state index contributed by atoms with van der Waals surface area (Å²) in [6.07, 6.45) is 4.92. The lowest BCUT2D eigenvalue weighted by Crippen LogP contribution is -2.50. The molecular weight excluding hydrogens is 412 g/mol. The number of pyridine rings is 1. The van der Waals surface area contributed by atoms with Crippen LogP contribution in [0, 0.1) is 0 Å². The summed E-state index contributed by atoms with van der Waals surface area (Å²) in [7, 11) is 0. The Balaban J connectivity index is 1.17. The number of benzene rings is 2. The molecule has 0 amide bonds. The number of aromatic nitrogens is 1. The molecule has 0 saturated carbocycles. The lowest BCUT2D eigenvalue weighted by Gasteiger charge is -2.39. The van der Waals surface area contributed by atoms with Crippen LogP contribution in [0.5, 0.6) is 11.5 Å². The Bertz CT molecular complexity index is 1110. The van der Waals surface area contributed by atoms with E-state index >= 15 is 0 Å². The predicted octanol–water partition coefficient (Wildman–Crippen LogP) is 3.65. The molecule has 1 aliphatic heterocycles. The highest BCUT2D eigenvalue weighted by molar-refractivity contribution is 5.94. The third-order valence-corrected chi connectivity index (χ3v) is 7.50. The molecule has 33 heavy (non-hydrogen) atoms. The first-order chi connectivity index (χ1) is 16.1. The number of hydrogen-bond donors (Lipinski definition) is 2. The first kappa shape index (κ1) is 22.0. The Morgan fingerprint density at radius 1 is 1.00 bits per heavy atom. The van der Waals surface area contributed by atoms with Crippen LogP contribution in [0.15, 0.2) is 48.7 Å². The molecule has 174 valence electrons. The van der Waals surface area contributed by atoms with Crippen molar-refractivity contribution >= 4 is 16.6 Å². The number of likely N-dealkylation sites (N-methyl/N-ethyl adjacent to an activating group) is 1. The highest BCUT2D eigenvalue weighted by atomic mass is 16.3. The van der Waals surface area contributed by atoms with Gasteiger partial charge in [-0.1, -0.05) is 31.2 Å². The number of nitrogens with zero attached hydrogens (tertiary/aromatic N) is 4. The van der Waals surface area contributed by atoms with Gasteiger partial charge in [0.05, 0.1) is 0 Å². The van der Waals surface area contributed by atoms with Crippen LogP contribution in [-0.2, 0) is 12.8 Å². The predicted molar refractivity (Wildman–Crippen MR) is 133 cm³/mol. The molecule has 1 atom stereocenters. The van der Waals surface area contributed by atoms with Gasteiger partial charge in [0, 0.05) is 62.6 Å². The van der Waals surface area contributed by atoms with E-state index in [1.807, 2.05) is 24.3 Å². The van der Waals surface area contributed by atoms with Gasteiger partial charge in [-0.2, -0.15) is 0 Å². The topological polar surface area (TPSA) is 63.1 Å². The summed E-state index contributed by atoms with van der Waals surface area (Å²) in [6.45, 7) is 9.55. The number of para-hydroxylation sites is 1. The fourth-order valence-electron chi connectivity index (χ4n) is 5.58. The third-order valence-electron chi connectivity index (χ3n) is 7.50. The van der Waals surface area contributed by atoms with Crippen LogP contribution in [0.25, 0.3) is 10.9 Å². The minimum absolute atomic E-state index is 0.244. The lowest BCUT2D eigenvalue weighted by molar-refractivity contribution is 0.151. The second kappa shape index (κ2) is 9.57. The molecule has 5 rings (SSSR count). The summed E-state index contributed by atoms with van der Waals surface area (Å²) in [5.74, 6) is 0.706. The first-order valence-electron chi connectivity index (χ1n) is 12.2. The van der Waals surface area contributed by atoms with Gasteiger partial charge in [-0.3, -0.25) is 14.8 Å². The van der Waals surface area contributed by atoms with E-state index in [0.717, 1.165) is 81.7 Å². The fourth-order valence-corrected chi connectivity index (χ4v) is 5.58. The maximum atomic E-state index is 10.2. The quantitative estimate of drug-likeness (QED) is 0.603. The molecule has 1 aliphatic carbocycles. The smallest absolute Gasteiger partial charge is 0.141 e.